The predicted octanol–water partition coefficient (Wildman–Crippen LogP) is 2.97. The van der Waals surface area contributed by atoms with E-state index in [1.807, 2.05) is 13.8 Å². The molecule has 0 unspecified atom stereocenters. The van der Waals surface area contributed by atoms with Gasteiger partial charge in [0.05, 0.1) is 5.69 Å². The van der Waals surface area contributed by atoms with Gasteiger partial charge in [0.2, 0.25) is 11.7 Å². The third-order valence-corrected chi connectivity index (χ3v) is 4.87. The van der Waals surface area contributed by atoms with Crippen molar-refractivity contribution in [1.29, 1.82) is 0 Å². The minimum absolute atomic E-state index is 0.0915. The lowest BCUT2D eigenvalue weighted by atomic mass is 10.1. The van der Waals surface area contributed by atoms with Crippen LogP contribution in [0, 0.1) is 6.92 Å². The summed E-state index contributed by atoms with van der Waals surface area (Å²) in [6.45, 7) is 3.82. The van der Waals surface area contributed by atoms with E-state index in [0.717, 1.165) is 21.1 Å². The second kappa shape index (κ2) is 6.50. The second-order valence-electron chi connectivity index (χ2n) is 5.21. The van der Waals surface area contributed by atoms with Gasteiger partial charge in [-0.2, -0.15) is 4.98 Å². The average molecular weight is 344 g/mol. The SMILES string of the molecule is CO[C@H](C)c1nc(C)c(-c2nc(-c3ccc(C(N)=O)cc3)no2)s1. The number of aryl methyl sites for hydroxylation is 1. The molecule has 0 bridgehead atoms. The van der Waals surface area contributed by atoms with E-state index < -0.39 is 5.91 Å². The number of nitrogens with two attached hydrogens (primary N) is 1. The molecule has 0 fully saturated rings. The number of carbonyl (C=O) groups is 1. The number of nitrogens with zero attached hydrogens (tertiary/aromatic N) is 3. The maximum atomic E-state index is 11.1. The van der Waals surface area contributed by atoms with Crippen LogP contribution in [-0.2, 0) is 4.74 Å². The van der Waals surface area contributed by atoms with Crippen molar-refractivity contribution in [3.05, 3.63) is 40.5 Å². The van der Waals surface area contributed by atoms with Crippen molar-refractivity contribution < 1.29 is 14.1 Å². The molecule has 1 amide bonds. The summed E-state index contributed by atoms with van der Waals surface area (Å²) in [5.41, 5.74) is 7.22. The van der Waals surface area contributed by atoms with Crippen molar-refractivity contribution in [2.45, 2.75) is 20.0 Å². The highest BCUT2D eigenvalue weighted by atomic mass is 32.1. The van der Waals surface area contributed by atoms with Crippen molar-refractivity contribution >= 4 is 17.2 Å². The number of primary amides is 1. The standard InChI is InChI=1S/C16H16N4O3S/c1-8-12(24-16(18-8)9(2)22-3)15-19-14(20-23-15)11-6-4-10(5-7-11)13(17)21/h4-7,9H,1-3H3,(H2,17,21)/t9-/m1/s1. The van der Waals surface area contributed by atoms with Gasteiger partial charge in [0, 0.05) is 18.2 Å². The third-order valence-electron chi connectivity index (χ3n) is 3.56. The Labute approximate surface area is 142 Å². The van der Waals surface area contributed by atoms with Crippen LogP contribution in [0.5, 0.6) is 0 Å². The van der Waals surface area contributed by atoms with Crippen LogP contribution in [-0.4, -0.2) is 28.1 Å². The van der Waals surface area contributed by atoms with Gasteiger partial charge >= 0.3 is 0 Å². The molecule has 0 aliphatic carbocycles. The van der Waals surface area contributed by atoms with Gasteiger partial charge in [-0.05, 0) is 26.0 Å². The van der Waals surface area contributed by atoms with Crippen LogP contribution >= 0.6 is 11.3 Å². The summed E-state index contributed by atoms with van der Waals surface area (Å²) in [6, 6.07) is 6.72. The second-order valence-corrected chi connectivity index (χ2v) is 6.24. The molecule has 0 radical (unpaired) electrons. The van der Waals surface area contributed by atoms with Crippen molar-refractivity contribution in [2.75, 3.05) is 7.11 Å². The zero-order chi connectivity index (χ0) is 17.3. The van der Waals surface area contributed by atoms with Crippen LogP contribution in [0.2, 0.25) is 0 Å². The van der Waals surface area contributed by atoms with Gasteiger partial charge in [-0.25, -0.2) is 4.98 Å². The fourth-order valence-corrected chi connectivity index (χ4v) is 3.12. The Kier molecular flexibility index (Phi) is 4.41. The molecular formula is C16H16N4O3S. The zero-order valence-corrected chi connectivity index (χ0v) is 14.3. The van der Waals surface area contributed by atoms with E-state index in [1.54, 1.807) is 31.4 Å². The van der Waals surface area contributed by atoms with Gasteiger partial charge in [0.25, 0.3) is 5.89 Å². The smallest absolute Gasteiger partial charge is 0.270 e. The van der Waals surface area contributed by atoms with Crippen LogP contribution in [0.4, 0.5) is 0 Å². The van der Waals surface area contributed by atoms with Gasteiger partial charge < -0.3 is 15.0 Å². The van der Waals surface area contributed by atoms with Gasteiger partial charge in [0.1, 0.15) is 16.0 Å². The number of thiazole rings is 1. The number of methoxy groups -OCH3 is 1. The summed E-state index contributed by atoms with van der Waals surface area (Å²) >= 11 is 1.47. The number of benzene rings is 1. The summed E-state index contributed by atoms with van der Waals surface area (Å²) in [5, 5.41) is 4.86. The number of amides is 1. The fraction of sp³-hybridized carbons (Fsp3) is 0.250. The van der Waals surface area contributed by atoms with Crippen LogP contribution in [0.25, 0.3) is 22.2 Å². The van der Waals surface area contributed by atoms with Crippen LogP contribution in [0.15, 0.2) is 28.8 Å². The first-order valence-corrected chi connectivity index (χ1v) is 8.05. The summed E-state index contributed by atoms with van der Waals surface area (Å²) in [7, 11) is 1.64. The predicted molar refractivity (Wildman–Crippen MR) is 89.5 cm³/mol. The highest BCUT2D eigenvalue weighted by Crippen LogP contribution is 2.33. The molecule has 0 aliphatic rings. The molecule has 2 aromatic heterocycles. The molecule has 2 N–H and O–H groups in total. The van der Waals surface area contributed by atoms with Crippen LogP contribution < -0.4 is 5.73 Å². The number of rotatable bonds is 5. The Bertz CT molecular complexity index is 870. The fourth-order valence-electron chi connectivity index (χ4n) is 2.11. The quantitative estimate of drug-likeness (QED) is 0.763. The maximum absolute atomic E-state index is 11.1. The lowest BCUT2D eigenvalue weighted by Gasteiger charge is -2.02. The number of hydrogen-bond acceptors (Lipinski definition) is 7. The Balaban J connectivity index is 1.90. The molecule has 1 atom stereocenters. The first-order valence-electron chi connectivity index (χ1n) is 7.24. The van der Waals surface area contributed by atoms with Crippen molar-refractivity contribution in [3.63, 3.8) is 0 Å². The van der Waals surface area contributed by atoms with Crippen molar-refractivity contribution in [3.8, 4) is 22.2 Å². The normalized spacial score (nSPS) is 12.3. The molecule has 3 aromatic rings. The number of ether oxygens (including phenoxy) is 1. The number of hydrogen-bond donors (Lipinski definition) is 1. The minimum atomic E-state index is -0.476. The van der Waals surface area contributed by atoms with E-state index in [2.05, 4.69) is 15.1 Å². The van der Waals surface area contributed by atoms with Gasteiger partial charge in [-0.15, -0.1) is 11.3 Å². The Morgan fingerprint density at radius 2 is 2.00 bits per heavy atom. The highest BCUT2D eigenvalue weighted by molar-refractivity contribution is 7.15. The van der Waals surface area contributed by atoms with E-state index in [-0.39, 0.29) is 6.10 Å². The van der Waals surface area contributed by atoms with E-state index in [9.17, 15) is 4.79 Å². The van der Waals surface area contributed by atoms with Crippen LogP contribution in [0.1, 0.15) is 34.1 Å². The van der Waals surface area contributed by atoms with E-state index in [0.29, 0.717) is 17.3 Å². The highest BCUT2D eigenvalue weighted by Gasteiger charge is 2.19. The van der Waals surface area contributed by atoms with Gasteiger partial charge in [0.15, 0.2) is 0 Å². The Morgan fingerprint density at radius 3 is 2.62 bits per heavy atom. The molecule has 0 aliphatic heterocycles. The van der Waals surface area contributed by atoms with Crippen molar-refractivity contribution in [2.24, 2.45) is 5.73 Å². The molecule has 3 rings (SSSR count). The largest absolute Gasteiger partial charge is 0.375 e. The summed E-state index contributed by atoms with van der Waals surface area (Å²) in [6.07, 6.45) is -0.0915. The summed E-state index contributed by atoms with van der Waals surface area (Å²) < 4.78 is 10.7. The molecule has 0 saturated heterocycles. The first-order chi connectivity index (χ1) is 11.5. The van der Waals surface area contributed by atoms with Gasteiger partial charge in [-0.3, -0.25) is 4.79 Å². The molecule has 0 spiro atoms. The Morgan fingerprint density at radius 1 is 1.29 bits per heavy atom. The molecule has 8 heteroatoms. The molecule has 0 saturated carbocycles. The molecule has 124 valence electrons. The molecular weight excluding hydrogens is 328 g/mol. The molecule has 2 heterocycles. The Hall–Kier alpha value is -2.58. The monoisotopic (exact) mass is 344 g/mol. The van der Waals surface area contributed by atoms with Gasteiger partial charge in [-0.1, -0.05) is 17.3 Å². The van der Waals surface area contributed by atoms with E-state index in [1.165, 1.54) is 11.3 Å². The van der Waals surface area contributed by atoms with Crippen LogP contribution in [0.3, 0.4) is 0 Å². The number of carbonyl (C=O) groups excluding carboxylic acids is 1. The molecule has 1 aromatic carbocycles. The van der Waals surface area contributed by atoms with E-state index >= 15 is 0 Å². The lowest BCUT2D eigenvalue weighted by molar-refractivity contribution is 0.100. The molecule has 24 heavy (non-hydrogen) atoms. The summed E-state index contributed by atoms with van der Waals surface area (Å²) in [5.74, 6) is 0.374. The lowest BCUT2D eigenvalue weighted by Crippen LogP contribution is -2.10. The molecule has 7 nitrogen and oxygen atoms in total. The average Bonchev–Trinajstić information content (AvgIpc) is 3.20. The third kappa shape index (κ3) is 3.06. The number of aromatic nitrogens is 3. The first kappa shape index (κ1) is 16.3. The minimum Gasteiger partial charge on any atom is -0.375 e. The zero-order valence-electron chi connectivity index (χ0n) is 13.4. The van der Waals surface area contributed by atoms with E-state index in [4.69, 9.17) is 15.0 Å². The van der Waals surface area contributed by atoms with Crippen molar-refractivity contribution in [1.82, 2.24) is 15.1 Å². The topological polar surface area (TPSA) is 104 Å². The summed E-state index contributed by atoms with van der Waals surface area (Å²) in [4.78, 5) is 20.8. The maximum Gasteiger partial charge on any atom is 0.270 e.